The number of thiazole rings is 1. The summed E-state index contributed by atoms with van der Waals surface area (Å²) in [6.45, 7) is -0.525. The summed E-state index contributed by atoms with van der Waals surface area (Å²) in [7, 11) is 0. The van der Waals surface area contributed by atoms with Crippen molar-refractivity contribution in [2.24, 2.45) is 0 Å². The third-order valence-corrected chi connectivity index (χ3v) is 6.02. The second kappa shape index (κ2) is 8.16. The molecule has 4 nitrogen and oxygen atoms in total. The summed E-state index contributed by atoms with van der Waals surface area (Å²) in [4.78, 5) is 21.7. The molecule has 0 saturated carbocycles. The molecular weight excluding hydrogens is 441 g/mol. The van der Waals surface area contributed by atoms with Crippen molar-refractivity contribution in [3.05, 3.63) is 92.5 Å². The average molecular weight is 456 g/mol. The molecule has 0 aliphatic rings. The van der Waals surface area contributed by atoms with Crippen LogP contribution in [0.1, 0.15) is 33.2 Å². The number of benzene rings is 2. The van der Waals surface area contributed by atoms with Crippen molar-refractivity contribution in [1.82, 2.24) is 15.3 Å². The summed E-state index contributed by atoms with van der Waals surface area (Å²) in [5, 5.41) is 3.95. The largest absolute Gasteiger partial charge is 0.339 e. The summed E-state index contributed by atoms with van der Waals surface area (Å²) in [6.07, 6.45) is 1.72. The fraction of sp³-hybridized carbons (Fsp3) is 0.0952. The Balaban J connectivity index is 1.67. The number of carbonyl (C=O) groups is 1. The van der Waals surface area contributed by atoms with Crippen molar-refractivity contribution < 1.29 is 9.18 Å². The van der Waals surface area contributed by atoms with E-state index in [1.807, 2.05) is 36.4 Å². The van der Waals surface area contributed by atoms with E-state index < -0.39 is 12.7 Å². The smallest absolute Gasteiger partial charge is 0.252 e. The zero-order valence-electron chi connectivity index (χ0n) is 14.6. The SMILES string of the molecule is O=C(N[C@@H](c1ccc(CF)cc1)c1ncsc1Br)c1ccc2ncccc2c1. The Bertz CT molecular complexity index is 1130. The number of halogens is 2. The van der Waals surface area contributed by atoms with Crippen molar-refractivity contribution in [2.75, 3.05) is 0 Å². The molecule has 0 radical (unpaired) electrons. The number of rotatable bonds is 5. The van der Waals surface area contributed by atoms with Crippen molar-refractivity contribution in [3.8, 4) is 0 Å². The van der Waals surface area contributed by atoms with Crippen molar-refractivity contribution in [1.29, 1.82) is 0 Å². The Labute approximate surface area is 173 Å². The Morgan fingerprint density at radius 1 is 1.14 bits per heavy atom. The van der Waals surface area contributed by atoms with Crippen LogP contribution in [-0.4, -0.2) is 15.9 Å². The first-order valence-corrected chi connectivity index (χ1v) is 10.2. The van der Waals surface area contributed by atoms with Gasteiger partial charge in [0.05, 0.1) is 26.5 Å². The Hall–Kier alpha value is -2.64. The van der Waals surface area contributed by atoms with Gasteiger partial charge in [-0.05, 0) is 51.3 Å². The number of aromatic nitrogens is 2. The van der Waals surface area contributed by atoms with Crippen LogP contribution in [0.25, 0.3) is 10.9 Å². The summed E-state index contributed by atoms with van der Waals surface area (Å²) < 4.78 is 13.7. The van der Waals surface area contributed by atoms with Gasteiger partial charge in [0, 0.05) is 17.1 Å². The molecule has 0 spiro atoms. The van der Waals surface area contributed by atoms with Gasteiger partial charge in [-0.15, -0.1) is 11.3 Å². The summed E-state index contributed by atoms with van der Waals surface area (Å²) in [6, 6.07) is 15.8. The maximum atomic E-state index is 13.0. The van der Waals surface area contributed by atoms with Crippen LogP contribution in [0.3, 0.4) is 0 Å². The van der Waals surface area contributed by atoms with E-state index in [4.69, 9.17) is 0 Å². The number of fused-ring (bicyclic) bond motifs is 1. The minimum absolute atomic E-state index is 0.217. The van der Waals surface area contributed by atoms with Gasteiger partial charge in [0.1, 0.15) is 6.67 Å². The number of pyridine rings is 1. The van der Waals surface area contributed by atoms with Crippen molar-refractivity contribution in [3.63, 3.8) is 0 Å². The van der Waals surface area contributed by atoms with Gasteiger partial charge in [-0.25, -0.2) is 9.37 Å². The molecule has 4 rings (SSSR count). The quantitative estimate of drug-likeness (QED) is 0.435. The van der Waals surface area contributed by atoms with Gasteiger partial charge in [-0.3, -0.25) is 9.78 Å². The van der Waals surface area contributed by atoms with Crippen LogP contribution in [0.5, 0.6) is 0 Å². The van der Waals surface area contributed by atoms with Crippen LogP contribution in [0, 0.1) is 0 Å². The van der Waals surface area contributed by atoms with E-state index in [9.17, 15) is 9.18 Å². The van der Waals surface area contributed by atoms with Gasteiger partial charge in [0.25, 0.3) is 5.91 Å². The Morgan fingerprint density at radius 3 is 2.68 bits per heavy atom. The number of hydrogen-bond donors (Lipinski definition) is 1. The van der Waals surface area contributed by atoms with Gasteiger partial charge in [-0.2, -0.15) is 0 Å². The van der Waals surface area contributed by atoms with E-state index in [-0.39, 0.29) is 5.91 Å². The van der Waals surface area contributed by atoms with Crippen LogP contribution in [-0.2, 0) is 6.67 Å². The molecular formula is C21H15BrFN3OS. The lowest BCUT2D eigenvalue weighted by molar-refractivity contribution is 0.0942. The molecule has 0 saturated heterocycles. The minimum Gasteiger partial charge on any atom is -0.339 e. The van der Waals surface area contributed by atoms with E-state index in [1.165, 1.54) is 11.3 Å². The molecule has 0 fully saturated rings. The van der Waals surface area contributed by atoms with E-state index in [0.29, 0.717) is 16.8 Å². The monoisotopic (exact) mass is 455 g/mol. The van der Waals surface area contributed by atoms with E-state index in [0.717, 1.165) is 20.3 Å². The number of nitrogens with one attached hydrogen (secondary N) is 1. The first-order chi connectivity index (χ1) is 13.7. The van der Waals surface area contributed by atoms with Gasteiger partial charge >= 0.3 is 0 Å². The standard InChI is InChI=1S/C21H15BrFN3OS/c22-20-19(25-12-28-20)18(14-5-3-13(11-23)4-6-14)26-21(27)16-7-8-17-15(10-16)2-1-9-24-17/h1-10,12,18H,11H2,(H,26,27)/t18-/m0/s1. The number of amides is 1. The molecule has 2 heterocycles. The van der Waals surface area contributed by atoms with Crippen LogP contribution in [0.15, 0.2) is 70.1 Å². The highest BCUT2D eigenvalue weighted by atomic mass is 79.9. The van der Waals surface area contributed by atoms with E-state index in [1.54, 1.807) is 29.9 Å². The molecule has 28 heavy (non-hydrogen) atoms. The molecule has 7 heteroatoms. The van der Waals surface area contributed by atoms with E-state index >= 15 is 0 Å². The second-order valence-electron chi connectivity index (χ2n) is 6.20. The summed E-state index contributed by atoms with van der Waals surface area (Å²) in [5.74, 6) is -0.217. The minimum atomic E-state index is -0.525. The Kier molecular flexibility index (Phi) is 5.45. The molecule has 0 unspecified atom stereocenters. The highest BCUT2D eigenvalue weighted by Crippen LogP contribution is 2.31. The highest BCUT2D eigenvalue weighted by molar-refractivity contribution is 9.11. The van der Waals surface area contributed by atoms with Crippen LogP contribution in [0.2, 0.25) is 0 Å². The fourth-order valence-electron chi connectivity index (χ4n) is 2.97. The number of alkyl halides is 1. The maximum Gasteiger partial charge on any atom is 0.252 e. The molecule has 140 valence electrons. The zero-order valence-corrected chi connectivity index (χ0v) is 17.0. The molecule has 0 aliphatic heterocycles. The molecule has 0 aliphatic carbocycles. The number of hydrogen-bond acceptors (Lipinski definition) is 4. The lowest BCUT2D eigenvalue weighted by atomic mass is 10.0. The summed E-state index contributed by atoms with van der Waals surface area (Å²) >= 11 is 4.95. The molecule has 2 aromatic heterocycles. The van der Waals surface area contributed by atoms with Crippen LogP contribution in [0.4, 0.5) is 4.39 Å². The maximum absolute atomic E-state index is 13.0. The molecule has 2 aromatic carbocycles. The molecule has 1 amide bonds. The average Bonchev–Trinajstić information content (AvgIpc) is 3.17. The zero-order chi connectivity index (χ0) is 19.5. The third-order valence-electron chi connectivity index (χ3n) is 4.43. The highest BCUT2D eigenvalue weighted by Gasteiger charge is 2.22. The summed E-state index contributed by atoms with van der Waals surface area (Å²) in [5.41, 5.74) is 5.23. The van der Waals surface area contributed by atoms with Crippen molar-refractivity contribution >= 4 is 44.1 Å². The molecule has 4 aromatic rings. The normalized spacial score (nSPS) is 12.1. The lowest BCUT2D eigenvalue weighted by Gasteiger charge is -2.19. The first kappa shape index (κ1) is 18.7. The molecule has 1 atom stereocenters. The predicted molar refractivity (Wildman–Crippen MR) is 112 cm³/mol. The predicted octanol–water partition coefficient (Wildman–Crippen LogP) is 5.44. The number of carbonyl (C=O) groups excluding carboxylic acids is 1. The van der Waals surface area contributed by atoms with Gasteiger partial charge in [0.15, 0.2) is 0 Å². The van der Waals surface area contributed by atoms with Gasteiger partial charge in [-0.1, -0.05) is 30.3 Å². The first-order valence-electron chi connectivity index (χ1n) is 8.55. The van der Waals surface area contributed by atoms with Crippen molar-refractivity contribution in [2.45, 2.75) is 12.7 Å². The fourth-order valence-corrected chi connectivity index (χ4v) is 4.10. The van der Waals surface area contributed by atoms with Gasteiger partial charge < -0.3 is 5.32 Å². The lowest BCUT2D eigenvalue weighted by Crippen LogP contribution is -2.29. The molecule has 1 N–H and O–H groups in total. The number of nitrogens with zero attached hydrogens (tertiary/aromatic N) is 2. The topological polar surface area (TPSA) is 54.9 Å². The Morgan fingerprint density at radius 2 is 1.96 bits per heavy atom. The van der Waals surface area contributed by atoms with E-state index in [2.05, 4.69) is 31.2 Å². The van der Waals surface area contributed by atoms with Gasteiger partial charge in [0.2, 0.25) is 0 Å². The third kappa shape index (κ3) is 3.81. The van der Waals surface area contributed by atoms with Crippen LogP contribution >= 0.6 is 27.3 Å². The van der Waals surface area contributed by atoms with Crippen LogP contribution < -0.4 is 5.32 Å². The second-order valence-corrected chi connectivity index (χ2v) is 8.38. The molecule has 0 bridgehead atoms.